The Hall–Kier alpha value is -3.33. The van der Waals surface area contributed by atoms with Crippen LogP contribution in [0.1, 0.15) is 24.1 Å². The van der Waals surface area contributed by atoms with Crippen molar-refractivity contribution < 1.29 is 22.7 Å². The summed E-state index contributed by atoms with van der Waals surface area (Å²) in [7, 11) is 0. The molecule has 1 aromatic carbocycles. The lowest BCUT2D eigenvalue weighted by Crippen LogP contribution is -2.29. The minimum absolute atomic E-state index is 0.00363. The molecule has 0 bridgehead atoms. The van der Waals surface area contributed by atoms with E-state index in [2.05, 4.69) is 10.3 Å². The van der Waals surface area contributed by atoms with Gasteiger partial charge >= 0.3 is 12.2 Å². The molecule has 0 saturated carbocycles. The van der Waals surface area contributed by atoms with Gasteiger partial charge in [-0.3, -0.25) is 4.98 Å². The molecule has 3 aromatic rings. The number of urea groups is 1. The number of nitrogens with zero attached hydrogens (tertiary/aromatic N) is 3. The van der Waals surface area contributed by atoms with Crippen molar-refractivity contribution in [1.29, 1.82) is 0 Å². The van der Waals surface area contributed by atoms with E-state index in [1.165, 1.54) is 0 Å². The van der Waals surface area contributed by atoms with Crippen LogP contribution in [-0.2, 0) is 12.6 Å². The third-order valence-corrected chi connectivity index (χ3v) is 5.63. The Labute approximate surface area is 199 Å². The number of amides is 2. The van der Waals surface area contributed by atoms with Crippen LogP contribution in [0.2, 0.25) is 5.02 Å². The van der Waals surface area contributed by atoms with Gasteiger partial charge in [-0.05, 0) is 61.7 Å². The van der Waals surface area contributed by atoms with E-state index in [1.807, 2.05) is 35.2 Å². The Kier molecular flexibility index (Phi) is 7.21. The van der Waals surface area contributed by atoms with Gasteiger partial charge in [0.15, 0.2) is 0 Å². The molecule has 10 heteroatoms. The SMILES string of the molecule is O=C1NCCN1CCCCc1cccc(-c2ccc(Oc3ncc(C(F)(F)F)cc3Cl)cc2)n1. The van der Waals surface area contributed by atoms with Crippen molar-refractivity contribution in [2.24, 2.45) is 0 Å². The van der Waals surface area contributed by atoms with Crippen LogP contribution in [0.3, 0.4) is 0 Å². The van der Waals surface area contributed by atoms with Crippen LogP contribution < -0.4 is 10.1 Å². The first-order chi connectivity index (χ1) is 16.3. The highest BCUT2D eigenvalue weighted by molar-refractivity contribution is 6.31. The molecule has 178 valence electrons. The maximum atomic E-state index is 12.8. The summed E-state index contributed by atoms with van der Waals surface area (Å²) in [4.78, 5) is 21.8. The van der Waals surface area contributed by atoms with E-state index in [4.69, 9.17) is 21.3 Å². The summed E-state index contributed by atoms with van der Waals surface area (Å²) in [5.41, 5.74) is 1.69. The van der Waals surface area contributed by atoms with Gasteiger partial charge in [0.05, 0.1) is 11.3 Å². The molecule has 2 aromatic heterocycles. The smallest absolute Gasteiger partial charge is 0.417 e. The van der Waals surface area contributed by atoms with Crippen molar-refractivity contribution in [3.05, 3.63) is 71.0 Å². The summed E-state index contributed by atoms with van der Waals surface area (Å²) in [6.07, 6.45) is -1.20. The van der Waals surface area contributed by atoms with E-state index in [9.17, 15) is 18.0 Å². The second kappa shape index (κ2) is 10.3. The fraction of sp³-hybridized carbons (Fsp3) is 0.292. The third kappa shape index (κ3) is 5.96. The summed E-state index contributed by atoms with van der Waals surface area (Å²) in [6, 6.07) is 13.6. The molecule has 0 spiro atoms. The van der Waals surface area contributed by atoms with Gasteiger partial charge in [-0.2, -0.15) is 13.2 Å². The normalized spacial score (nSPS) is 13.8. The van der Waals surface area contributed by atoms with Gasteiger partial charge in [-0.25, -0.2) is 9.78 Å². The van der Waals surface area contributed by atoms with Crippen molar-refractivity contribution in [3.63, 3.8) is 0 Å². The molecule has 6 nitrogen and oxygen atoms in total. The number of alkyl halides is 3. The molecule has 0 atom stereocenters. The van der Waals surface area contributed by atoms with Gasteiger partial charge in [-0.1, -0.05) is 17.7 Å². The van der Waals surface area contributed by atoms with Crippen LogP contribution in [0.5, 0.6) is 11.6 Å². The highest BCUT2D eigenvalue weighted by Crippen LogP contribution is 2.35. The molecule has 0 radical (unpaired) electrons. The number of benzene rings is 1. The maximum Gasteiger partial charge on any atom is 0.417 e. The molecule has 2 amide bonds. The van der Waals surface area contributed by atoms with Gasteiger partial charge in [0.1, 0.15) is 10.8 Å². The van der Waals surface area contributed by atoms with E-state index < -0.39 is 11.7 Å². The molecule has 4 rings (SSSR count). The van der Waals surface area contributed by atoms with E-state index >= 15 is 0 Å². The number of carbonyl (C=O) groups is 1. The summed E-state index contributed by atoms with van der Waals surface area (Å²) in [6.45, 7) is 2.21. The van der Waals surface area contributed by atoms with Crippen LogP contribution in [0.4, 0.5) is 18.0 Å². The number of nitrogens with one attached hydrogen (secondary N) is 1. The first-order valence-corrected chi connectivity index (χ1v) is 11.2. The summed E-state index contributed by atoms with van der Waals surface area (Å²) < 4.78 is 43.8. The van der Waals surface area contributed by atoms with Gasteiger partial charge in [0.25, 0.3) is 0 Å². The van der Waals surface area contributed by atoms with Crippen LogP contribution in [0, 0.1) is 0 Å². The van der Waals surface area contributed by atoms with Gasteiger partial charge in [0.2, 0.25) is 5.88 Å². The highest BCUT2D eigenvalue weighted by atomic mass is 35.5. The van der Waals surface area contributed by atoms with Crippen molar-refractivity contribution in [2.75, 3.05) is 19.6 Å². The fourth-order valence-electron chi connectivity index (χ4n) is 3.57. The van der Waals surface area contributed by atoms with Crippen molar-refractivity contribution >= 4 is 17.6 Å². The molecule has 1 aliphatic heterocycles. The zero-order chi connectivity index (χ0) is 24.1. The number of unbranched alkanes of at least 4 members (excludes halogenated alkanes) is 1. The lowest BCUT2D eigenvalue weighted by molar-refractivity contribution is -0.137. The van der Waals surface area contributed by atoms with Crippen LogP contribution >= 0.6 is 11.6 Å². The molecule has 3 heterocycles. The predicted octanol–water partition coefficient (Wildman–Crippen LogP) is 5.96. The van der Waals surface area contributed by atoms with E-state index in [-0.39, 0.29) is 16.9 Å². The number of pyridine rings is 2. The number of hydrogen-bond donors (Lipinski definition) is 1. The Bertz CT molecular complexity index is 1160. The Morgan fingerprint density at radius 3 is 2.59 bits per heavy atom. The highest BCUT2D eigenvalue weighted by Gasteiger charge is 2.31. The first-order valence-electron chi connectivity index (χ1n) is 10.8. The molecule has 1 N–H and O–H groups in total. The molecule has 1 saturated heterocycles. The third-order valence-electron chi connectivity index (χ3n) is 5.36. The van der Waals surface area contributed by atoms with Gasteiger partial charge < -0.3 is 15.0 Å². The lowest BCUT2D eigenvalue weighted by atomic mass is 10.1. The molecule has 1 fully saturated rings. The van der Waals surface area contributed by atoms with Crippen LogP contribution in [0.15, 0.2) is 54.7 Å². The van der Waals surface area contributed by atoms with E-state index in [0.29, 0.717) is 18.5 Å². The number of halogens is 4. The second-order valence-corrected chi connectivity index (χ2v) is 8.23. The summed E-state index contributed by atoms with van der Waals surface area (Å²) in [5.74, 6) is 0.286. The minimum Gasteiger partial charge on any atom is -0.438 e. The fourth-order valence-corrected chi connectivity index (χ4v) is 3.78. The molecule has 1 aliphatic rings. The Morgan fingerprint density at radius 2 is 1.91 bits per heavy atom. The average molecular weight is 491 g/mol. The number of aryl methyl sites for hydroxylation is 1. The Balaban J connectivity index is 1.35. The van der Waals surface area contributed by atoms with E-state index in [1.54, 1.807) is 12.1 Å². The largest absolute Gasteiger partial charge is 0.438 e. The Morgan fingerprint density at radius 1 is 1.12 bits per heavy atom. The molecule has 34 heavy (non-hydrogen) atoms. The zero-order valence-corrected chi connectivity index (χ0v) is 18.9. The monoisotopic (exact) mass is 490 g/mol. The average Bonchev–Trinajstić information content (AvgIpc) is 3.22. The quantitative estimate of drug-likeness (QED) is 0.396. The van der Waals surface area contributed by atoms with Gasteiger partial charge in [0, 0.05) is 37.1 Å². The second-order valence-electron chi connectivity index (χ2n) is 7.83. The molecule has 0 aliphatic carbocycles. The maximum absolute atomic E-state index is 12.8. The summed E-state index contributed by atoms with van der Waals surface area (Å²) in [5, 5.41) is 2.57. The van der Waals surface area contributed by atoms with Crippen LogP contribution in [-0.4, -0.2) is 40.5 Å². The number of hydrogen-bond acceptors (Lipinski definition) is 4. The predicted molar refractivity (Wildman–Crippen MR) is 122 cm³/mol. The van der Waals surface area contributed by atoms with Crippen molar-refractivity contribution in [2.45, 2.75) is 25.4 Å². The number of aromatic nitrogens is 2. The van der Waals surface area contributed by atoms with Crippen molar-refractivity contribution in [3.8, 4) is 22.9 Å². The minimum atomic E-state index is -4.53. The lowest BCUT2D eigenvalue weighted by Gasteiger charge is -2.13. The molecular weight excluding hydrogens is 469 g/mol. The zero-order valence-electron chi connectivity index (χ0n) is 18.1. The van der Waals surface area contributed by atoms with Crippen LogP contribution in [0.25, 0.3) is 11.3 Å². The topological polar surface area (TPSA) is 67.4 Å². The van der Waals surface area contributed by atoms with Gasteiger partial charge in [-0.15, -0.1) is 0 Å². The number of rotatable bonds is 8. The van der Waals surface area contributed by atoms with E-state index in [0.717, 1.165) is 55.4 Å². The molecule has 0 unspecified atom stereocenters. The standard InChI is InChI=1S/C24H22ClF3N4O2/c25-20-14-17(24(26,27)28)15-30-22(20)34-19-9-7-16(8-10-19)21-6-3-5-18(31-21)4-1-2-12-32-13-11-29-23(32)33/h3,5-10,14-15H,1-2,4,11-13H2,(H,29,33). The van der Waals surface area contributed by atoms with Crippen molar-refractivity contribution in [1.82, 2.24) is 20.2 Å². The number of ether oxygens (including phenoxy) is 1. The number of carbonyl (C=O) groups excluding carboxylic acids is 1. The molecular formula is C24H22ClF3N4O2. The first kappa shape index (κ1) is 23.8. The summed E-state index contributed by atoms with van der Waals surface area (Å²) >= 11 is 5.91.